The zero-order chi connectivity index (χ0) is 24.6. The monoisotopic (exact) mass is 487 g/mol. The van der Waals surface area contributed by atoms with Crippen molar-refractivity contribution >= 4 is 33.5 Å². The van der Waals surface area contributed by atoms with Crippen molar-refractivity contribution < 1.29 is 27.5 Å². The summed E-state index contributed by atoms with van der Waals surface area (Å²) in [6.45, 7) is 1.54. The number of nitrogens with zero attached hydrogens (tertiary/aromatic N) is 1. The Labute approximate surface area is 199 Å². The molecule has 2 aromatic carbocycles. The average Bonchev–Trinajstić information content (AvgIpc) is 2.82. The van der Waals surface area contributed by atoms with E-state index in [1.807, 2.05) is 18.2 Å². The summed E-state index contributed by atoms with van der Waals surface area (Å²) in [5.41, 5.74) is 1.74. The third-order valence-electron chi connectivity index (χ3n) is 5.58. The third-order valence-corrected chi connectivity index (χ3v) is 7.00. The molecule has 0 bridgehead atoms. The molecule has 2 amide bonds. The first kappa shape index (κ1) is 25.4. The number of hydrogen-bond donors (Lipinski definition) is 2. The van der Waals surface area contributed by atoms with Gasteiger partial charge in [-0.1, -0.05) is 30.3 Å². The van der Waals surface area contributed by atoms with E-state index in [4.69, 9.17) is 4.74 Å². The van der Waals surface area contributed by atoms with Gasteiger partial charge >= 0.3 is 5.97 Å². The number of anilines is 1. The van der Waals surface area contributed by atoms with Crippen LogP contribution in [0.15, 0.2) is 59.5 Å². The first-order chi connectivity index (χ1) is 16.2. The Kier molecular flexibility index (Phi) is 8.78. The van der Waals surface area contributed by atoms with Crippen LogP contribution in [-0.4, -0.2) is 57.3 Å². The van der Waals surface area contributed by atoms with Gasteiger partial charge in [0.1, 0.15) is 6.54 Å². The van der Waals surface area contributed by atoms with E-state index >= 15 is 0 Å². The highest BCUT2D eigenvalue weighted by Gasteiger charge is 2.24. The summed E-state index contributed by atoms with van der Waals surface area (Å²) in [5, 5.41) is 2.54. The fourth-order valence-corrected chi connectivity index (χ4v) is 4.75. The molecule has 2 aromatic rings. The molecule has 0 saturated carbocycles. The van der Waals surface area contributed by atoms with Gasteiger partial charge in [-0.05, 0) is 55.0 Å². The lowest BCUT2D eigenvalue weighted by molar-refractivity contribution is -0.151. The van der Waals surface area contributed by atoms with Crippen LogP contribution in [0.1, 0.15) is 25.3 Å². The van der Waals surface area contributed by atoms with Crippen molar-refractivity contribution in [3.05, 3.63) is 60.2 Å². The maximum atomic E-state index is 12.4. The van der Waals surface area contributed by atoms with Gasteiger partial charge in [-0.2, -0.15) is 4.72 Å². The van der Waals surface area contributed by atoms with Crippen molar-refractivity contribution in [2.75, 3.05) is 31.6 Å². The minimum absolute atomic E-state index is 0.0659. The second kappa shape index (κ2) is 11.8. The van der Waals surface area contributed by atoms with Gasteiger partial charge in [-0.15, -0.1) is 0 Å². The molecule has 3 rings (SSSR count). The highest BCUT2D eigenvalue weighted by atomic mass is 32.2. The Balaban J connectivity index is 1.38. The Hall–Kier alpha value is -3.24. The van der Waals surface area contributed by atoms with Gasteiger partial charge in [-0.25, -0.2) is 8.42 Å². The lowest BCUT2D eigenvalue weighted by atomic mass is 9.90. The summed E-state index contributed by atoms with van der Waals surface area (Å²) in [4.78, 5) is 37.0. The molecule has 1 aliphatic rings. The number of esters is 1. The first-order valence-electron chi connectivity index (χ1n) is 11.1. The maximum Gasteiger partial charge on any atom is 0.321 e. The fourth-order valence-electron chi connectivity index (χ4n) is 3.78. The normalized spacial score (nSPS) is 14.4. The fraction of sp³-hybridized carbons (Fsp3) is 0.375. The third kappa shape index (κ3) is 7.67. The Morgan fingerprint density at radius 1 is 1.00 bits per heavy atom. The van der Waals surface area contributed by atoms with Crippen molar-refractivity contribution in [2.45, 2.75) is 31.1 Å². The zero-order valence-corrected chi connectivity index (χ0v) is 19.8. The Morgan fingerprint density at radius 3 is 2.26 bits per heavy atom. The van der Waals surface area contributed by atoms with Crippen LogP contribution in [0.5, 0.6) is 0 Å². The number of ether oxygens (including phenoxy) is 1. The van der Waals surface area contributed by atoms with Gasteiger partial charge in [0.05, 0.1) is 4.90 Å². The highest BCUT2D eigenvalue weighted by Crippen LogP contribution is 2.21. The van der Waals surface area contributed by atoms with Crippen LogP contribution < -0.4 is 10.0 Å². The van der Waals surface area contributed by atoms with E-state index in [1.54, 1.807) is 4.90 Å². The molecule has 1 saturated heterocycles. The van der Waals surface area contributed by atoms with Crippen LogP contribution in [0, 0.1) is 5.92 Å². The van der Waals surface area contributed by atoms with Gasteiger partial charge in [0.25, 0.3) is 5.91 Å². The van der Waals surface area contributed by atoms with Crippen molar-refractivity contribution in [3.63, 3.8) is 0 Å². The standard InChI is InChI=1S/C24H29N3O6S/c1-18(28)26-21-7-9-22(10-8-21)34(31,32)25-16-24(30)33-17-23(29)27-13-11-20(12-14-27)15-19-5-3-2-4-6-19/h2-10,20,25H,11-17H2,1H3,(H,26,28). The number of benzene rings is 2. The molecule has 2 N–H and O–H groups in total. The van der Waals surface area contributed by atoms with Crippen molar-refractivity contribution in [1.82, 2.24) is 9.62 Å². The van der Waals surface area contributed by atoms with E-state index in [2.05, 4.69) is 22.2 Å². The molecule has 0 aliphatic carbocycles. The largest absolute Gasteiger partial charge is 0.455 e. The molecule has 182 valence electrons. The SMILES string of the molecule is CC(=O)Nc1ccc(S(=O)(=O)NCC(=O)OCC(=O)N2CCC(Cc3ccccc3)CC2)cc1. The molecule has 0 unspecified atom stereocenters. The van der Waals surface area contributed by atoms with E-state index in [1.165, 1.54) is 36.8 Å². The summed E-state index contributed by atoms with van der Waals surface area (Å²) in [5.74, 6) is -0.896. The molecule has 34 heavy (non-hydrogen) atoms. The number of nitrogens with one attached hydrogen (secondary N) is 2. The summed E-state index contributed by atoms with van der Waals surface area (Å²) in [7, 11) is -3.95. The molecular weight excluding hydrogens is 458 g/mol. The number of amides is 2. The first-order valence-corrected chi connectivity index (χ1v) is 12.6. The summed E-state index contributed by atoms with van der Waals surface area (Å²) in [6.07, 6.45) is 2.75. The molecule has 9 nitrogen and oxygen atoms in total. The van der Waals surface area contributed by atoms with E-state index in [-0.39, 0.29) is 16.7 Å². The predicted molar refractivity (Wildman–Crippen MR) is 126 cm³/mol. The van der Waals surface area contributed by atoms with E-state index < -0.39 is 29.1 Å². The number of carbonyl (C=O) groups excluding carboxylic acids is 3. The summed E-state index contributed by atoms with van der Waals surface area (Å²) < 4.78 is 31.8. The van der Waals surface area contributed by atoms with Crippen LogP contribution in [0.4, 0.5) is 5.69 Å². The second-order valence-electron chi connectivity index (χ2n) is 8.20. The molecule has 0 spiro atoms. The van der Waals surface area contributed by atoms with Gasteiger partial charge in [0.2, 0.25) is 15.9 Å². The van der Waals surface area contributed by atoms with Crippen molar-refractivity contribution in [3.8, 4) is 0 Å². The number of hydrogen-bond acceptors (Lipinski definition) is 6. The van der Waals surface area contributed by atoms with Gasteiger partial charge in [0, 0.05) is 25.7 Å². The van der Waals surface area contributed by atoms with E-state index in [0.29, 0.717) is 24.7 Å². The molecule has 0 radical (unpaired) electrons. The average molecular weight is 488 g/mol. The number of carbonyl (C=O) groups is 3. The smallest absolute Gasteiger partial charge is 0.321 e. The second-order valence-corrected chi connectivity index (χ2v) is 9.97. The summed E-state index contributed by atoms with van der Waals surface area (Å²) in [6, 6.07) is 15.7. The molecule has 1 heterocycles. The lowest BCUT2D eigenvalue weighted by Gasteiger charge is -2.32. The number of sulfonamides is 1. The zero-order valence-electron chi connectivity index (χ0n) is 19.0. The maximum absolute atomic E-state index is 12.4. The predicted octanol–water partition coefficient (Wildman–Crippen LogP) is 1.95. The number of rotatable bonds is 9. The van der Waals surface area contributed by atoms with E-state index in [9.17, 15) is 22.8 Å². The number of piperidine rings is 1. The topological polar surface area (TPSA) is 122 Å². The molecule has 1 aliphatic heterocycles. The Bertz CT molecular complexity index is 1100. The van der Waals surface area contributed by atoms with Gasteiger partial charge < -0.3 is 15.0 Å². The molecule has 0 aromatic heterocycles. The van der Waals surface area contributed by atoms with Crippen LogP contribution >= 0.6 is 0 Å². The summed E-state index contributed by atoms with van der Waals surface area (Å²) >= 11 is 0. The minimum Gasteiger partial charge on any atom is -0.455 e. The molecule has 0 atom stereocenters. The van der Waals surface area contributed by atoms with Crippen LogP contribution in [0.3, 0.4) is 0 Å². The van der Waals surface area contributed by atoms with Gasteiger partial charge in [0.15, 0.2) is 6.61 Å². The molecule has 1 fully saturated rings. The van der Waals surface area contributed by atoms with Crippen LogP contribution in [0.25, 0.3) is 0 Å². The minimum atomic E-state index is -3.95. The lowest BCUT2D eigenvalue weighted by Crippen LogP contribution is -2.41. The van der Waals surface area contributed by atoms with Crippen molar-refractivity contribution in [1.29, 1.82) is 0 Å². The molecule has 10 heteroatoms. The van der Waals surface area contributed by atoms with Crippen LogP contribution in [-0.2, 0) is 35.6 Å². The number of likely N-dealkylation sites (tertiary alicyclic amines) is 1. The van der Waals surface area contributed by atoms with E-state index in [0.717, 1.165) is 19.3 Å². The van der Waals surface area contributed by atoms with Gasteiger partial charge in [-0.3, -0.25) is 14.4 Å². The van der Waals surface area contributed by atoms with Crippen molar-refractivity contribution in [2.24, 2.45) is 5.92 Å². The highest BCUT2D eigenvalue weighted by molar-refractivity contribution is 7.89. The Morgan fingerprint density at radius 2 is 1.65 bits per heavy atom. The quantitative estimate of drug-likeness (QED) is 0.522. The molecular formula is C24H29N3O6S. The van der Waals surface area contributed by atoms with Crippen LogP contribution in [0.2, 0.25) is 0 Å².